The zero-order valence-electron chi connectivity index (χ0n) is 12.6. The van der Waals surface area contributed by atoms with Crippen molar-refractivity contribution in [2.24, 2.45) is 0 Å². The summed E-state index contributed by atoms with van der Waals surface area (Å²) < 4.78 is 5.86. The van der Waals surface area contributed by atoms with Gasteiger partial charge in [-0.1, -0.05) is 30.3 Å². The summed E-state index contributed by atoms with van der Waals surface area (Å²) in [6, 6.07) is 10.3. The molecule has 6 heteroatoms. The number of tetrazole rings is 1. The first kappa shape index (κ1) is 13.8. The average molecular weight is 299 g/mol. The number of morpholine rings is 1. The molecule has 0 N–H and O–H groups in total. The van der Waals surface area contributed by atoms with E-state index in [0.29, 0.717) is 12.2 Å². The van der Waals surface area contributed by atoms with E-state index >= 15 is 0 Å². The predicted molar refractivity (Wildman–Crippen MR) is 81.4 cm³/mol. The molecule has 2 fully saturated rings. The maximum Gasteiger partial charge on any atom is 0.179 e. The van der Waals surface area contributed by atoms with Gasteiger partial charge in [0.1, 0.15) is 0 Å². The van der Waals surface area contributed by atoms with Gasteiger partial charge in [-0.2, -0.15) is 4.80 Å². The number of fused-ring (bicyclic) bond motifs is 2. The fraction of sp³-hybridized carbons (Fsp3) is 0.562. The quantitative estimate of drug-likeness (QED) is 0.828. The zero-order chi connectivity index (χ0) is 14.8. The van der Waals surface area contributed by atoms with Crippen LogP contribution in [0.5, 0.6) is 0 Å². The summed E-state index contributed by atoms with van der Waals surface area (Å²) in [7, 11) is 0. The van der Waals surface area contributed by atoms with Crippen molar-refractivity contribution in [2.45, 2.75) is 38.0 Å². The fourth-order valence-electron chi connectivity index (χ4n) is 3.33. The van der Waals surface area contributed by atoms with Crippen molar-refractivity contribution in [2.75, 3.05) is 19.6 Å². The van der Waals surface area contributed by atoms with Gasteiger partial charge in [-0.25, -0.2) is 0 Å². The molecule has 3 heterocycles. The highest BCUT2D eigenvalue weighted by molar-refractivity contribution is 5.17. The van der Waals surface area contributed by atoms with Crippen molar-refractivity contribution in [3.63, 3.8) is 0 Å². The first-order valence-corrected chi connectivity index (χ1v) is 8.03. The van der Waals surface area contributed by atoms with Gasteiger partial charge in [0.2, 0.25) is 0 Å². The molecule has 2 atom stereocenters. The number of benzene rings is 1. The van der Waals surface area contributed by atoms with Gasteiger partial charge in [0.15, 0.2) is 5.82 Å². The topological polar surface area (TPSA) is 56.1 Å². The van der Waals surface area contributed by atoms with Crippen molar-refractivity contribution < 1.29 is 4.74 Å². The number of nitrogens with zero attached hydrogens (tertiary/aromatic N) is 5. The summed E-state index contributed by atoms with van der Waals surface area (Å²) in [4.78, 5) is 4.18. The minimum Gasteiger partial charge on any atom is -0.372 e. The summed E-state index contributed by atoms with van der Waals surface area (Å²) in [5.41, 5.74) is 1.21. The number of likely N-dealkylation sites (tertiary alicyclic amines) is 1. The van der Waals surface area contributed by atoms with Gasteiger partial charge in [0.05, 0.1) is 18.8 Å². The average Bonchev–Trinajstić information content (AvgIpc) is 3.13. The predicted octanol–water partition coefficient (Wildman–Crippen LogP) is 1.13. The normalized spacial score (nSPS) is 24.7. The van der Waals surface area contributed by atoms with E-state index in [2.05, 4.69) is 32.4 Å². The Labute approximate surface area is 130 Å². The van der Waals surface area contributed by atoms with Crippen LogP contribution in [0.4, 0.5) is 0 Å². The first-order valence-electron chi connectivity index (χ1n) is 8.03. The van der Waals surface area contributed by atoms with E-state index < -0.39 is 0 Å². The Bertz CT molecular complexity index is 602. The Balaban J connectivity index is 1.30. The van der Waals surface area contributed by atoms with Crippen LogP contribution in [0.2, 0.25) is 0 Å². The summed E-state index contributed by atoms with van der Waals surface area (Å²) >= 11 is 0. The molecule has 2 unspecified atom stereocenters. The van der Waals surface area contributed by atoms with Crippen molar-refractivity contribution in [1.82, 2.24) is 25.1 Å². The Kier molecular flexibility index (Phi) is 3.86. The van der Waals surface area contributed by atoms with Gasteiger partial charge in [-0.05, 0) is 23.6 Å². The Morgan fingerprint density at radius 2 is 1.82 bits per heavy atom. The van der Waals surface area contributed by atoms with Crippen LogP contribution in [0.25, 0.3) is 0 Å². The molecule has 2 aliphatic heterocycles. The van der Waals surface area contributed by atoms with Crippen LogP contribution >= 0.6 is 0 Å². The third-order valence-corrected chi connectivity index (χ3v) is 4.43. The van der Waals surface area contributed by atoms with Gasteiger partial charge in [-0.3, -0.25) is 4.90 Å². The van der Waals surface area contributed by atoms with E-state index in [9.17, 15) is 0 Å². The van der Waals surface area contributed by atoms with Gasteiger partial charge >= 0.3 is 0 Å². The number of ether oxygens (including phenoxy) is 1. The largest absolute Gasteiger partial charge is 0.372 e. The van der Waals surface area contributed by atoms with Crippen LogP contribution in [0.15, 0.2) is 30.3 Å². The van der Waals surface area contributed by atoms with E-state index in [1.807, 2.05) is 18.2 Å². The van der Waals surface area contributed by atoms with Crippen LogP contribution in [-0.4, -0.2) is 56.9 Å². The van der Waals surface area contributed by atoms with E-state index in [1.54, 1.807) is 4.80 Å². The standard InChI is InChI=1S/C16H21N5O/c1-2-4-13(5-3-1)10-16-17-19-21(18-16)9-8-20-11-14-6-7-15(12-20)22-14/h1-5,14-15H,6-12H2. The van der Waals surface area contributed by atoms with E-state index in [1.165, 1.54) is 18.4 Å². The lowest BCUT2D eigenvalue weighted by molar-refractivity contribution is -0.0395. The minimum atomic E-state index is 0.441. The third kappa shape index (κ3) is 3.18. The molecule has 0 amide bonds. The lowest BCUT2D eigenvalue weighted by Crippen LogP contribution is -2.43. The molecule has 2 saturated heterocycles. The maximum atomic E-state index is 5.86. The lowest BCUT2D eigenvalue weighted by Gasteiger charge is -2.31. The molecule has 0 radical (unpaired) electrons. The molecule has 116 valence electrons. The van der Waals surface area contributed by atoms with Crippen LogP contribution in [0.3, 0.4) is 0 Å². The molecule has 6 nitrogen and oxygen atoms in total. The SMILES string of the molecule is c1ccc(Cc2nnn(CCN3CC4CCC(C3)O4)n2)cc1. The monoisotopic (exact) mass is 299 g/mol. The van der Waals surface area contributed by atoms with Crippen LogP contribution in [-0.2, 0) is 17.7 Å². The smallest absolute Gasteiger partial charge is 0.179 e. The molecule has 0 saturated carbocycles. The number of aromatic nitrogens is 4. The van der Waals surface area contributed by atoms with E-state index in [-0.39, 0.29) is 0 Å². The Hall–Kier alpha value is -1.79. The van der Waals surface area contributed by atoms with Crippen LogP contribution in [0.1, 0.15) is 24.2 Å². The second-order valence-corrected chi connectivity index (χ2v) is 6.18. The second kappa shape index (κ2) is 6.14. The summed E-state index contributed by atoms with van der Waals surface area (Å²) in [5.74, 6) is 0.785. The first-order chi connectivity index (χ1) is 10.8. The van der Waals surface area contributed by atoms with Crippen molar-refractivity contribution >= 4 is 0 Å². The molecule has 4 rings (SSSR count). The third-order valence-electron chi connectivity index (χ3n) is 4.43. The summed E-state index contributed by atoms with van der Waals surface area (Å²) in [6.07, 6.45) is 4.04. The fourth-order valence-corrected chi connectivity index (χ4v) is 3.33. The van der Waals surface area contributed by atoms with Crippen molar-refractivity contribution in [3.8, 4) is 0 Å². The van der Waals surface area contributed by atoms with Gasteiger partial charge in [-0.15, -0.1) is 10.2 Å². The minimum absolute atomic E-state index is 0.441. The van der Waals surface area contributed by atoms with Gasteiger partial charge in [0, 0.05) is 26.1 Å². The molecule has 0 spiro atoms. The highest BCUT2D eigenvalue weighted by Crippen LogP contribution is 2.25. The molecule has 0 aliphatic carbocycles. The van der Waals surface area contributed by atoms with Crippen LogP contribution in [0, 0.1) is 0 Å². The highest BCUT2D eigenvalue weighted by Gasteiger charge is 2.33. The Morgan fingerprint density at radius 1 is 1.05 bits per heavy atom. The zero-order valence-corrected chi connectivity index (χ0v) is 12.6. The van der Waals surface area contributed by atoms with Crippen molar-refractivity contribution in [1.29, 1.82) is 0 Å². The number of hydrogen-bond acceptors (Lipinski definition) is 5. The lowest BCUT2D eigenvalue weighted by atomic mass is 10.1. The molecular weight excluding hydrogens is 278 g/mol. The maximum absolute atomic E-state index is 5.86. The van der Waals surface area contributed by atoms with Crippen molar-refractivity contribution in [3.05, 3.63) is 41.7 Å². The van der Waals surface area contributed by atoms with Gasteiger partial charge < -0.3 is 4.74 Å². The van der Waals surface area contributed by atoms with Crippen LogP contribution < -0.4 is 0 Å². The number of hydrogen-bond donors (Lipinski definition) is 0. The molecule has 22 heavy (non-hydrogen) atoms. The molecular formula is C16H21N5O. The molecule has 2 bridgehead atoms. The molecule has 2 aliphatic rings. The molecule has 2 aromatic rings. The van der Waals surface area contributed by atoms with Gasteiger partial charge in [0.25, 0.3) is 0 Å². The summed E-state index contributed by atoms with van der Waals surface area (Å²) in [5, 5.41) is 12.8. The second-order valence-electron chi connectivity index (χ2n) is 6.18. The Morgan fingerprint density at radius 3 is 2.59 bits per heavy atom. The number of rotatable bonds is 5. The van der Waals surface area contributed by atoms with E-state index in [0.717, 1.165) is 38.4 Å². The molecule has 1 aromatic heterocycles. The highest BCUT2D eigenvalue weighted by atomic mass is 16.5. The molecule has 1 aromatic carbocycles. The van der Waals surface area contributed by atoms with E-state index in [4.69, 9.17) is 4.74 Å². The summed E-state index contributed by atoms with van der Waals surface area (Å²) in [6.45, 7) is 3.85.